The molecule has 1 unspecified atom stereocenters. The van der Waals surface area contributed by atoms with Crippen LogP contribution in [0.2, 0.25) is 0 Å². The fourth-order valence-electron chi connectivity index (χ4n) is 7.46. The molecule has 1 aliphatic rings. The Bertz CT molecular complexity index is 2930. The average Bonchev–Trinajstić information content (AvgIpc) is 3.39. The number of phenolic OH excluding ortho intramolecular Hbond substituents is 1. The number of amidine groups is 2. The predicted molar refractivity (Wildman–Crippen MR) is 267 cm³/mol. The maximum atomic E-state index is 10.8. The molecule has 16 radical (unpaired) electrons. The normalized spacial score (nSPS) is 14.0. The number of rotatable bonds is 10. The van der Waals surface area contributed by atoms with Gasteiger partial charge < -0.3 is 10.8 Å². The topological polar surface area (TPSA) is 96.8 Å². The summed E-state index contributed by atoms with van der Waals surface area (Å²) in [5, 5.41) is 10.8. The fourth-order valence-corrected chi connectivity index (χ4v) is 7.46. The van der Waals surface area contributed by atoms with Gasteiger partial charge in [-0.15, -0.1) is 11.2 Å². The van der Waals surface area contributed by atoms with Crippen molar-refractivity contribution in [2.75, 3.05) is 0 Å². The molecule has 1 atom stereocenters. The van der Waals surface area contributed by atoms with E-state index in [1.165, 1.54) is 0 Å². The van der Waals surface area contributed by atoms with Crippen LogP contribution >= 0.6 is 0 Å². The molecule has 1 aliphatic carbocycles. The number of hydrogen-bond acceptors (Lipinski definition) is 4. The highest BCUT2D eigenvalue weighted by Crippen LogP contribution is 2.41. The summed E-state index contributed by atoms with van der Waals surface area (Å²) in [6, 6.07) is 35.2. The standard InChI is InChI=1S/C49H35B8N5O/c1-4-25(2)30-21-14-22-31(48(59-24-27-15-8-5-9-16-27)62-47(58)29-19-12-7-13-20-29)34(30)45-26(3)44(28-17-10-6-11-18-28)60-49(61-45)36-38(52)33(50)23-32(37(51)40(36)54)35-39(53)42(56)43(57)46(63)41(35)55/h5-22,25,63H,4,24H2,1-3H3,(H2,58,59,62). The second kappa shape index (κ2) is 18.9. The summed E-state index contributed by atoms with van der Waals surface area (Å²) < 4.78 is 0. The smallest absolute Gasteiger partial charge is 0.159 e. The van der Waals surface area contributed by atoms with Gasteiger partial charge in [0.25, 0.3) is 0 Å². The van der Waals surface area contributed by atoms with Gasteiger partial charge in [0.2, 0.25) is 0 Å². The van der Waals surface area contributed by atoms with Gasteiger partial charge in [0.1, 0.15) is 74.4 Å². The van der Waals surface area contributed by atoms with Crippen LogP contribution in [0.25, 0.3) is 33.7 Å². The average molecular weight is 796 g/mol. The number of aromatic hydroxyl groups is 1. The Labute approximate surface area is 380 Å². The van der Waals surface area contributed by atoms with Crippen LogP contribution in [0.5, 0.6) is 5.75 Å². The monoisotopic (exact) mass is 797 g/mol. The van der Waals surface area contributed by atoms with Crippen LogP contribution in [0.1, 0.15) is 65.4 Å². The Morgan fingerprint density at radius 3 is 1.97 bits per heavy atom. The van der Waals surface area contributed by atoms with E-state index in [4.69, 9.17) is 88.5 Å². The van der Waals surface area contributed by atoms with Crippen LogP contribution in [-0.4, -0.2) is 89.5 Å². The molecule has 0 aliphatic heterocycles. The zero-order chi connectivity index (χ0) is 45.1. The van der Waals surface area contributed by atoms with E-state index in [-0.39, 0.29) is 72.2 Å². The van der Waals surface area contributed by atoms with Crippen molar-refractivity contribution in [3.05, 3.63) is 176 Å². The molecule has 1 aromatic heterocycles. The minimum atomic E-state index is -0.488. The molecule has 0 amide bonds. The number of hydrogen-bond donors (Lipinski definition) is 2. The predicted octanol–water partition coefficient (Wildman–Crippen LogP) is 4.04. The van der Waals surface area contributed by atoms with Gasteiger partial charge >= 0.3 is 0 Å². The van der Waals surface area contributed by atoms with Crippen molar-refractivity contribution in [2.24, 2.45) is 15.7 Å². The van der Waals surface area contributed by atoms with Gasteiger partial charge in [0, 0.05) is 39.0 Å². The summed E-state index contributed by atoms with van der Waals surface area (Å²) in [6.45, 7) is 6.58. The van der Waals surface area contributed by atoms with Crippen molar-refractivity contribution in [2.45, 2.75) is 39.7 Å². The van der Waals surface area contributed by atoms with E-state index in [0.29, 0.717) is 35.2 Å². The van der Waals surface area contributed by atoms with Crippen LogP contribution in [-0.2, 0) is 6.54 Å². The van der Waals surface area contributed by atoms with E-state index >= 15 is 0 Å². The molecule has 0 saturated carbocycles. The molecular weight excluding hydrogens is 761 g/mol. The third-order valence-electron chi connectivity index (χ3n) is 11.2. The third kappa shape index (κ3) is 8.83. The molecule has 1 heterocycles. The van der Waals surface area contributed by atoms with Crippen LogP contribution in [0.3, 0.4) is 0 Å². The van der Waals surface area contributed by atoms with Gasteiger partial charge in [-0.2, -0.15) is 0 Å². The van der Waals surface area contributed by atoms with E-state index in [1.54, 1.807) is 0 Å². The fraction of sp³-hybridized carbons (Fsp3) is 0.122. The largest absolute Gasteiger partial charge is 0.509 e. The van der Waals surface area contributed by atoms with E-state index in [1.807, 2.05) is 110 Å². The van der Waals surface area contributed by atoms with Gasteiger partial charge in [0.15, 0.2) is 11.7 Å². The number of aliphatic imine (C=N–C) groups is 2. The lowest BCUT2D eigenvalue weighted by Crippen LogP contribution is -2.45. The van der Waals surface area contributed by atoms with Gasteiger partial charge in [-0.1, -0.05) is 156 Å². The first-order valence-corrected chi connectivity index (χ1v) is 20.3. The highest BCUT2D eigenvalue weighted by Gasteiger charge is 2.27. The minimum Gasteiger partial charge on any atom is -0.509 e. The summed E-state index contributed by atoms with van der Waals surface area (Å²) in [5.74, 6) is 0.369. The molecule has 0 spiro atoms. The quantitative estimate of drug-likeness (QED) is 0.0948. The maximum absolute atomic E-state index is 10.8. The summed E-state index contributed by atoms with van der Waals surface area (Å²) in [5.41, 5.74) is 16.0. The maximum Gasteiger partial charge on any atom is 0.159 e. The van der Waals surface area contributed by atoms with E-state index in [0.717, 1.165) is 39.8 Å². The minimum absolute atomic E-state index is 0.0233. The van der Waals surface area contributed by atoms with Gasteiger partial charge in [0.05, 0.1) is 17.9 Å². The summed E-state index contributed by atoms with van der Waals surface area (Å²) in [4.78, 5) is 20.6. The molecular formula is C49H35B8N5O. The highest BCUT2D eigenvalue weighted by atomic mass is 16.3. The zero-order valence-corrected chi connectivity index (χ0v) is 35.3. The number of phenols is 1. The lowest BCUT2D eigenvalue weighted by Gasteiger charge is -2.24. The number of allylic oxidation sites excluding steroid dienone is 5. The molecule has 0 saturated heterocycles. The lowest BCUT2D eigenvalue weighted by atomic mass is 9.62. The number of aromatic nitrogens is 2. The zero-order valence-electron chi connectivity index (χ0n) is 35.3. The molecule has 6 aromatic rings. The van der Waals surface area contributed by atoms with Crippen LogP contribution in [0.4, 0.5) is 0 Å². The van der Waals surface area contributed by atoms with Crippen LogP contribution < -0.4 is 27.6 Å². The van der Waals surface area contributed by atoms with Crippen molar-refractivity contribution in [3.8, 4) is 28.3 Å². The number of nitrogens with two attached hydrogens (primary N) is 1. The Balaban J connectivity index is 1.54. The van der Waals surface area contributed by atoms with Gasteiger partial charge in [-0.05, 0) is 41.4 Å². The Morgan fingerprint density at radius 2 is 1.32 bits per heavy atom. The molecule has 3 N–H and O–H groups in total. The van der Waals surface area contributed by atoms with Crippen molar-refractivity contribution < 1.29 is 5.11 Å². The Hall–Kier alpha value is -6.36. The molecule has 14 heteroatoms. The molecule has 63 heavy (non-hydrogen) atoms. The SMILES string of the molecule is [B]C1=C=C(c2c([B])c([B])c([B])c(O)c2[B])C([B])=C([B])C(c2nc(-c3ccccc3)c(C)c(-c3c(C(N=C(N)c4ccccc4)=NCc4ccccc4)cccc3C(C)CC)n2)=C1[B]. The number of nitrogens with zero attached hydrogens (tertiary/aromatic N) is 4. The van der Waals surface area contributed by atoms with E-state index in [2.05, 4.69) is 25.6 Å². The third-order valence-corrected chi connectivity index (χ3v) is 11.2. The van der Waals surface area contributed by atoms with Crippen molar-refractivity contribution in [1.29, 1.82) is 0 Å². The van der Waals surface area contributed by atoms with Crippen molar-refractivity contribution >= 4 is 107 Å². The second-order valence-electron chi connectivity index (χ2n) is 15.2. The van der Waals surface area contributed by atoms with Gasteiger partial charge in [-0.3, -0.25) is 4.99 Å². The first kappa shape index (κ1) is 44.7. The van der Waals surface area contributed by atoms with Crippen LogP contribution in [0.15, 0.2) is 147 Å². The van der Waals surface area contributed by atoms with E-state index in [9.17, 15) is 5.11 Å². The van der Waals surface area contributed by atoms with Crippen molar-refractivity contribution in [1.82, 2.24) is 9.97 Å². The van der Waals surface area contributed by atoms with Crippen LogP contribution in [0, 0.1) is 6.92 Å². The first-order valence-electron chi connectivity index (χ1n) is 20.3. The highest BCUT2D eigenvalue weighted by molar-refractivity contribution is 6.62. The first-order chi connectivity index (χ1) is 30.2. The Kier molecular flexibility index (Phi) is 13.4. The molecule has 286 valence electrons. The van der Waals surface area contributed by atoms with Gasteiger partial charge in [-0.25, -0.2) is 15.0 Å². The molecule has 0 fully saturated rings. The second-order valence-corrected chi connectivity index (χ2v) is 15.2. The molecule has 0 bridgehead atoms. The molecule has 6 nitrogen and oxygen atoms in total. The molecule has 5 aromatic carbocycles. The lowest BCUT2D eigenvalue weighted by molar-refractivity contribution is 0.484. The number of benzene rings is 5. The summed E-state index contributed by atoms with van der Waals surface area (Å²) in [6.07, 6.45) is 0.808. The van der Waals surface area contributed by atoms with Crippen molar-refractivity contribution in [3.63, 3.8) is 0 Å². The van der Waals surface area contributed by atoms with E-state index < -0.39 is 5.75 Å². The summed E-state index contributed by atoms with van der Waals surface area (Å²) in [7, 11) is 52.4. The Morgan fingerprint density at radius 1 is 0.698 bits per heavy atom. The summed E-state index contributed by atoms with van der Waals surface area (Å²) >= 11 is 0. The molecule has 7 rings (SSSR count).